The molecule has 0 aliphatic heterocycles. The fourth-order valence-corrected chi connectivity index (χ4v) is 2.46. The van der Waals surface area contributed by atoms with Gasteiger partial charge in [-0.05, 0) is 17.7 Å². The Bertz CT molecular complexity index is 528. The van der Waals surface area contributed by atoms with Crippen molar-refractivity contribution in [3.05, 3.63) is 51.4 Å². The molecule has 0 fully saturated rings. The van der Waals surface area contributed by atoms with Crippen LogP contribution < -0.4 is 0 Å². The number of nitrogens with zero attached hydrogens (tertiary/aromatic N) is 2. The molecule has 0 saturated heterocycles. The van der Waals surface area contributed by atoms with Crippen LogP contribution in [0.5, 0.6) is 0 Å². The Morgan fingerprint density at radius 2 is 2.33 bits per heavy atom. The Morgan fingerprint density at radius 1 is 1.50 bits per heavy atom. The van der Waals surface area contributed by atoms with E-state index < -0.39 is 0 Å². The molecule has 0 N–H and O–H groups in total. The van der Waals surface area contributed by atoms with Gasteiger partial charge in [0.15, 0.2) is 0 Å². The lowest BCUT2D eigenvalue weighted by Gasteiger charge is -2.15. The summed E-state index contributed by atoms with van der Waals surface area (Å²) in [5.74, 6) is 0.0625. The first kappa shape index (κ1) is 13.1. The number of rotatable bonds is 4. The van der Waals surface area contributed by atoms with Crippen molar-refractivity contribution in [2.75, 3.05) is 7.05 Å². The maximum absolute atomic E-state index is 12.0. The second kappa shape index (κ2) is 5.98. The summed E-state index contributed by atoms with van der Waals surface area (Å²) in [5.41, 5.74) is 0.929. The fraction of sp³-hybridized carbons (Fsp3) is 0.231. The highest BCUT2D eigenvalue weighted by Gasteiger charge is 2.11. The van der Waals surface area contributed by atoms with Crippen molar-refractivity contribution in [3.63, 3.8) is 0 Å². The molecule has 0 saturated carbocycles. The van der Waals surface area contributed by atoms with Crippen LogP contribution in [0.15, 0.2) is 35.8 Å². The molecule has 2 aromatic rings. The predicted molar refractivity (Wildman–Crippen MR) is 73.7 cm³/mol. The minimum atomic E-state index is 0.0625. The first-order chi connectivity index (χ1) is 8.65. The number of carbonyl (C=O) groups is 1. The van der Waals surface area contributed by atoms with E-state index in [9.17, 15) is 4.79 Å². The largest absolute Gasteiger partial charge is 0.339 e. The Morgan fingerprint density at radius 3 is 3.00 bits per heavy atom. The fourth-order valence-electron chi connectivity index (χ4n) is 1.58. The van der Waals surface area contributed by atoms with E-state index in [4.69, 9.17) is 11.6 Å². The van der Waals surface area contributed by atoms with Gasteiger partial charge in [-0.1, -0.05) is 23.7 Å². The van der Waals surface area contributed by atoms with Crippen molar-refractivity contribution in [1.29, 1.82) is 0 Å². The van der Waals surface area contributed by atoms with Gasteiger partial charge in [0.1, 0.15) is 5.01 Å². The van der Waals surface area contributed by atoms with E-state index >= 15 is 0 Å². The normalized spacial score (nSPS) is 10.3. The molecule has 1 aromatic carbocycles. The van der Waals surface area contributed by atoms with Crippen LogP contribution in [0.1, 0.15) is 10.6 Å². The molecule has 1 heterocycles. The number of thiazole rings is 1. The van der Waals surface area contributed by atoms with Crippen molar-refractivity contribution in [2.45, 2.75) is 13.0 Å². The number of aromatic nitrogens is 1. The average molecular weight is 281 g/mol. The molecule has 0 aliphatic carbocycles. The van der Waals surface area contributed by atoms with Crippen LogP contribution in [0.25, 0.3) is 0 Å². The summed E-state index contributed by atoms with van der Waals surface area (Å²) in [4.78, 5) is 17.9. The van der Waals surface area contributed by atoms with Crippen LogP contribution in [0.3, 0.4) is 0 Å². The van der Waals surface area contributed by atoms with Crippen molar-refractivity contribution in [3.8, 4) is 0 Å². The van der Waals surface area contributed by atoms with Gasteiger partial charge in [0, 0.05) is 23.6 Å². The molecule has 0 aliphatic rings. The lowest BCUT2D eigenvalue weighted by atomic mass is 10.1. The van der Waals surface area contributed by atoms with Crippen LogP contribution in [-0.4, -0.2) is 22.8 Å². The molecule has 2 rings (SSSR count). The molecular weight excluding hydrogens is 268 g/mol. The Kier molecular flexibility index (Phi) is 4.33. The number of halogens is 1. The molecule has 3 nitrogen and oxygen atoms in total. The van der Waals surface area contributed by atoms with E-state index in [1.54, 1.807) is 35.5 Å². The molecule has 0 atom stereocenters. The van der Waals surface area contributed by atoms with Gasteiger partial charge < -0.3 is 4.90 Å². The summed E-state index contributed by atoms with van der Waals surface area (Å²) >= 11 is 7.44. The first-order valence-electron chi connectivity index (χ1n) is 5.52. The smallest absolute Gasteiger partial charge is 0.227 e. The number of hydrogen-bond acceptors (Lipinski definition) is 3. The van der Waals surface area contributed by atoms with Crippen molar-refractivity contribution in [1.82, 2.24) is 9.88 Å². The number of benzene rings is 1. The minimum absolute atomic E-state index is 0.0625. The van der Waals surface area contributed by atoms with Crippen molar-refractivity contribution in [2.24, 2.45) is 0 Å². The second-order valence-electron chi connectivity index (χ2n) is 3.98. The summed E-state index contributed by atoms with van der Waals surface area (Å²) in [5, 5.41) is 3.50. The summed E-state index contributed by atoms with van der Waals surface area (Å²) in [6.45, 7) is 0.553. The lowest BCUT2D eigenvalue weighted by molar-refractivity contribution is -0.129. The van der Waals surface area contributed by atoms with E-state index in [1.807, 2.05) is 23.6 Å². The summed E-state index contributed by atoms with van der Waals surface area (Å²) in [6, 6.07) is 7.37. The predicted octanol–water partition coefficient (Wildman–Crippen LogP) is 3.00. The van der Waals surface area contributed by atoms with Gasteiger partial charge in [-0.15, -0.1) is 11.3 Å². The van der Waals surface area contributed by atoms with Gasteiger partial charge in [-0.3, -0.25) is 4.79 Å². The Hall–Kier alpha value is -1.39. The summed E-state index contributed by atoms with van der Waals surface area (Å²) < 4.78 is 0. The third-order valence-corrected chi connectivity index (χ3v) is 3.53. The Balaban J connectivity index is 1.95. The van der Waals surface area contributed by atoms with Gasteiger partial charge >= 0.3 is 0 Å². The molecule has 0 bridgehead atoms. The monoisotopic (exact) mass is 280 g/mol. The zero-order chi connectivity index (χ0) is 13.0. The zero-order valence-electron chi connectivity index (χ0n) is 9.97. The van der Waals surface area contributed by atoms with Crippen LogP contribution in [0.2, 0.25) is 5.02 Å². The summed E-state index contributed by atoms with van der Waals surface area (Å²) in [7, 11) is 1.79. The van der Waals surface area contributed by atoms with Gasteiger partial charge in [0.25, 0.3) is 0 Å². The molecule has 18 heavy (non-hydrogen) atoms. The quantitative estimate of drug-likeness (QED) is 0.863. The van der Waals surface area contributed by atoms with Crippen molar-refractivity contribution >= 4 is 28.8 Å². The number of hydrogen-bond donors (Lipinski definition) is 0. The lowest BCUT2D eigenvalue weighted by Crippen LogP contribution is -2.27. The number of likely N-dealkylation sites (N-methyl/N-ethyl adjacent to an activating group) is 1. The molecule has 5 heteroatoms. The van der Waals surface area contributed by atoms with Gasteiger partial charge in [0.2, 0.25) is 5.91 Å². The standard InChI is InChI=1S/C13H13ClN2OS/c1-16(9-12-15-5-6-18-12)13(17)8-10-3-2-4-11(14)7-10/h2-7H,8-9H2,1H3. The molecule has 1 aromatic heterocycles. The van der Waals surface area contributed by atoms with Crippen molar-refractivity contribution < 1.29 is 4.79 Å². The highest BCUT2D eigenvalue weighted by atomic mass is 35.5. The van der Waals surface area contributed by atoms with E-state index in [0.717, 1.165) is 10.6 Å². The third kappa shape index (κ3) is 3.55. The summed E-state index contributed by atoms with van der Waals surface area (Å²) in [6.07, 6.45) is 2.11. The number of carbonyl (C=O) groups excluding carboxylic acids is 1. The average Bonchev–Trinajstić information content (AvgIpc) is 2.81. The SMILES string of the molecule is CN(Cc1nccs1)C(=O)Cc1cccc(Cl)c1. The van der Waals surface area contributed by atoms with Gasteiger partial charge in [0.05, 0.1) is 13.0 Å². The van der Waals surface area contributed by atoms with Crippen LogP contribution >= 0.6 is 22.9 Å². The van der Waals surface area contributed by atoms with Gasteiger partial charge in [-0.25, -0.2) is 4.98 Å². The van der Waals surface area contributed by atoms with E-state index in [2.05, 4.69) is 4.98 Å². The Labute approximate surface area is 115 Å². The zero-order valence-corrected chi connectivity index (χ0v) is 11.5. The maximum atomic E-state index is 12.0. The molecule has 1 amide bonds. The molecular formula is C13H13ClN2OS. The van der Waals surface area contributed by atoms with Crippen LogP contribution in [0, 0.1) is 0 Å². The van der Waals surface area contributed by atoms with Gasteiger partial charge in [-0.2, -0.15) is 0 Å². The third-order valence-electron chi connectivity index (χ3n) is 2.53. The minimum Gasteiger partial charge on any atom is -0.339 e. The second-order valence-corrected chi connectivity index (χ2v) is 5.40. The molecule has 0 spiro atoms. The van der Waals surface area contributed by atoms with E-state index in [-0.39, 0.29) is 5.91 Å². The topological polar surface area (TPSA) is 33.2 Å². The molecule has 94 valence electrons. The molecule has 0 radical (unpaired) electrons. The first-order valence-corrected chi connectivity index (χ1v) is 6.77. The highest BCUT2D eigenvalue weighted by molar-refractivity contribution is 7.09. The number of amides is 1. The highest BCUT2D eigenvalue weighted by Crippen LogP contribution is 2.13. The van der Waals surface area contributed by atoms with Crippen LogP contribution in [0.4, 0.5) is 0 Å². The van der Waals surface area contributed by atoms with Crippen LogP contribution in [-0.2, 0) is 17.8 Å². The molecule has 0 unspecified atom stereocenters. The van der Waals surface area contributed by atoms with E-state index in [1.165, 1.54) is 0 Å². The maximum Gasteiger partial charge on any atom is 0.227 e. The van der Waals surface area contributed by atoms with E-state index in [0.29, 0.717) is 18.0 Å².